The predicted molar refractivity (Wildman–Crippen MR) is 93.5 cm³/mol. The smallest absolute Gasteiger partial charge is 0.321 e. The Kier molecular flexibility index (Phi) is 6.45. The standard InChI is InChI=1S/C17H26N2O3S/c1-2-3-4-6-15-7-9-16(10-8-15)18-17(20)19-11-5-13-23(21,22)14-12-19/h7-10H,2-6,11-14H2,1H3,(H,18,20). The monoisotopic (exact) mass is 338 g/mol. The van der Waals surface area contributed by atoms with Crippen LogP contribution in [0.1, 0.15) is 38.2 Å². The Balaban J connectivity index is 1.87. The molecular formula is C17H26N2O3S. The first kappa shape index (κ1) is 17.8. The molecule has 1 fully saturated rings. The van der Waals surface area contributed by atoms with Crippen LogP contribution in [0.25, 0.3) is 0 Å². The second kappa shape index (κ2) is 8.34. The molecule has 1 aromatic rings. The van der Waals surface area contributed by atoms with Crippen molar-refractivity contribution in [1.82, 2.24) is 4.90 Å². The Hall–Kier alpha value is -1.56. The Morgan fingerprint density at radius 2 is 1.87 bits per heavy atom. The number of carbonyl (C=O) groups is 1. The highest BCUT2D eigenvalue weighted by Crippen LogP contribution is 2.14. The van der Waals surface area contributed by atoms with Crippen LogP contribution < -0.4 is 5.32 Å². The first-order chi connectivity index (χ1) is 11.0. The van der Waals surface area contributed by atoms with Gasteiger partial charge in [0.15, 0.2) is 9.84 Å². The Labute approximate surface area is 139 Å². The van der Waals surface area contributed by atoms with Gasteiger partial charge in [-0.05, 0) is 37.0 Å². The third kappa shape index (κ3) is 5.86. The minimum atomic E-state index is -3.00. The van der Waals surface area contributed by atoms with Gasteiger partial charge in [-0.3, -0.25) is 0 Å². The van der Waals surface area contributed by atoms with E-state index in [4.69, 9.17) is 0 Å². The van der Waals surface area contributed by atoms with Crippen molar-refractivity contribution in [2.75, 3.05) is 29.9 Å². The molecule has 1 saturated heterocycles. The number of carbonyl (C=O) groups excluding carboxylic acids is 1. The van der Waals surface area contributed by atoms with Crippen molar-refractivity contribution in [1.29, 1.82) is 0 Å². The fourth-order valence-corrected chi connectivity index (χ4v) is 3.95. The molecule has 23 heavy (non-hydrogen) atoms. The average Bonchev–Trinajstić information content (AvgIpc) is 2.70. The molecule has 0 aromatic heterocycles. The molecular weight excluding hydrogens is 312 g/mol. The number of amides is 2. The van der Waals surface area contributed by atoms with E-state index in [-0.39, 0.29) is 24.1 Å². The zero-order valence-electron chi connectivity index (χ0n) is 13.8. The summed E-state index contributed by atoms with van der Waals surface area (Å²) >= 11 is 0. The van der Waals surface area contributed by atoms with Crippen LogP contribution in [0.15, 0.2) is 24.3 Å². The van der Waals surface area contributed by atoms with Crippen molar-refractivity contribution < 1.29 is 13.2 Å². The third-order valence-electron chi connectivity index (χ3n) is 4.12. The molecule has 1 aromatic carbocycles. The number of unbranched alkanes of at least 4 members (excludes halogenated alkanes) is 2. The van der Waals surface area contributed by atoms with E-state index >= 15 is 0 Å². The molecule has 0 spiro atoms. The van der Waals surface area contributed by atoms with Crippen LogP contribution in [0.4, 0.5) is 10.5 Å². The zero-order chi connectivity index (χ0) is 16.7. The molecule has 0 unspecified atom stereocenters. The lowest BCUT2D eigenvalue weighted by atomic mass is 10.1. The minimum absolute atomic E-state index is 0.0524. The summed E-state index contributed by atoms with van der Waals surface area (Å²) in [4.78, 5) is 13.8. The van der Waals surface area contributed by atoms with Gasteiger partial charge in [-0.25, -0.2) is 13.2 Å². The number of hydrogen-bond donors (Lipinski definition) is 1. The van der Waals surface area contributed by atoms with E-state index in [0.717, 1.165) is 12.1 Å². The van der Waals surface area contributed by atoms with Gasteiger partial charge in [0.2, 0.25) is 0 Å². The van der Waals surface area contributed by atoms with Gasteiger partial charge in [0.25, 0.3) is 0 Å². The molecule has 128 valence electrons. The van der Waals surface area contributed by atoms with Gasteiger partial charge in [0, 0.05) is 18.8 Å². The fourth-order valence-electron chi connectivity index (χ4n) is 2.68. The van der Waals surface area contributed by atoms with Gasteiger partial charge in [-0.15, -0.1) is 0 Å². The number of aryl methyl sites for hydroxylation is 1. The van der Waals surface area contributed by atoms with E-state index in [9.17, 15) is 13.2 Å². The van der Waals surface area contributed by atoms with E-state index < -0.39 is 9.84 Å². The first-order valence-corrected chi connectivity index (χ1v) is 10.2. The highest BCUT2D eigenvalue weighted by molar-refractivity contribution is 7.91. The van der Waals surface area contributed by atoms with Crippen molar-refractivity contribution in [3.63, 3.8) is 0 Å². The molecule has 2 rings (SSSR count). The SMILES string of the molecule is CCCCCc1ccc(NC(=O)N2CCCS(=O)(=O)CC2)cc1. The van der Waals surface area contributed by atoms with Gasteiger partial charge < -0.3 is 10.2 Å². The molecule has 0 saturated carbocycles. The van der Waals surface area contributed by atoms with Gasteiger partial charge in [-0.2, -0.15) is 0 Å². The number of urea groups is 1. The molecule has 1 N–H and O–H groups in total. The number of nitrogens with zero attached hydrogens (tertiary/aromatic N) is 1. The molecule has 0 aliphatic carbocycles. The number of anilines is 1. The maximum absolute atomic E-state index is 12.2. The lowest BCUT2D eigenvalue weighted by molar-refractivity contribution is 0.216. The molecule has 0 radical (unpaired) electrons. The van der Waals surface area contributed by atoms with Gasteiger partial charge >= 0.3 is 6.03 Å². The molecule has 2 amide bonds. The number of rotatable bonds is 5. The highest BCUT2D eigenvalue weighted by atomic mass is 32.2. The maximum Gasteiger partial charge on any atom is 0.321 e. The fraction of sp³-hybridized carbons (Fsp3) is 0.588. The van der Waals surface area contributed by atoms with Crippen LogP contribution in [0.2, 0.25) is 0 Å². The maximum atomic E-state index is 12.2. The van der Waals surface area contributed by atoms with Gasteiger partial charge in [0.1, 0.15) is 0 Å². The second-order valence-corrected chi connectivity index (χ2v) is 8.38. The normalized spacial score (nSPS) is 17.5. The van der Waals surface area contributed by atoms with Crippen molar-refractivity contribution in [2.45, 2.75) is 39.0 Å². The number of nitrogens with one attached hydrogen (secondary N) is 1. The summed E-state index contributed by atoms with van der Waals surface area (Å²) in [7, 11) is -3.00. The average molecular weight is 338 g/mol. The lowest BCUT2D eigenvalue weighted by Crippen LogP contribution is -2.37. The summed E-state index contributed by atoms with van der Waals surface area (Å²) in [5, 5.41) is 2.85. The van der Waals surface area contributed by atoms with Gasteiger partial charge in [-0.1, -0.05) is 31.9 Å². The summed E-state index contributed by atoms with van der Waals surface area (Å²) in [5.41, 5.74) is 2.03. The van der Waals surface area contributed by atoms with Crippen LogP contribution in [-0.4, -0.2) is 43.9 Å². The van der Waals surface area contributed by atoms with Crippen LogP contribution in [0, 0.1) is 0 Å². The van der Waals surface area contributed by atoms with Crippen molar-refractivity contribution in [3.05, 3.63) is 29.8 Å². The van der Waals surface area contributed by atoms with E-state index in [2.05, 4.69) is 12.2 Å². The van der Waals surface area contributed by atoms with E-state index in [1.807, 2.05) is 24.3 Å². The van der Waals surface area contributed by atoms with Crippen LogP contribution in [0.5, 0.6) is 0 Å². The Morgan fingerprint density at radius 1 is 1.13 bits per heavy atom. The number of benzene rings is 1. The topological polar surface area (TPSA) is 66.5 Å². The van der Waals surface area contributed by atoms with Crippen LogP contribution >= 0.6 is 0 Å². The highest BCUT2D eigenvalue weighted by Gasteiger charge is 2.22. The second-order valence-electron chi connectivity index (χ2n) is 6.08. The lowest BCUT2D eigenvalue weighted by Gasteiger charge is -2.20. The summed E-state index contributed by atoms with van der Waals surface area (Å²) < 4.78 is 23.2. The van der Waals surface area contributed by atoms with E-state index in [1.54, 1.807) is 4.90 Å². The largest absolute Gasteiger partial charge is 0.323 e. The zero-order valence-corrected chi connectivity index (χ0v) is 14.6. The summed E-state index contributed by atoms with van der Waals surface area (Å²) in [6.45, 7) is 2.94. The number of hydrogen-bond acceptors (Lipinski definition) is 3. The van der Waals surface area contributed by atoms with E-state index in [0.29, 0.717) is 13.0 Å². The molecule has 1 aliphatic rings. The molecule has 0 atom stereocenters. The van der Waals surface area contributed by atoms with Crippen LogP contribution in [0.3, 0.4) is 0 Å². The molecule has 1 heterocycles. The summed E-state index contributed by atoms with van der Waals surface area (Å²) in [5.74, 6) is 0.222. The quantitative estimate of drug-likeness (QED) is 0.839. The molecule has 1 aliphatic heterocycles. The number of sulfone groups is 1. The Bertz CT molecular complexity index is 611. The third-order valence-corrected chi connectivity index (χ3v) is 5.83. The molecule has 0 bridgehead atoms. The first-order valence-electron chi connectivity index (χ1n) is 8.35. The summed E-state index contributed by atoms with van der Waals surface area (Å²) in [6, 6.07) is 7.68. The van der Waals surface area contributed by atoms with Gasteiger partial charge in [0.05, 0.1) is 11.5 Å². The molecule has 5 nitrogen and oxygen atoms in total. The molecule has 6 heteroatoms. The Morgan fingerprint density at radius 3 is 2.57 bits per heavy atom. The van der Waals surface area contributed by atoms with Crippen molar-refractivity contribution in [2.24, 2.45) is 0 Å². The van der Waals surface area contributed by atoms with Crippen LogP contribution in [-0.2, 0) is 16.3 Å². The van der Waals surface area contributed by atoms with Crippen molar-refractivity contribution >= 4 is 21.6 Å². The van der Waals surface area contributed by atoms with Crippen molar-refractivity contribution in [3.8, 4) is 0 Å². The van der Waals surface area contributed by atoms with E-state index in [1.165, 1.54) is 24.8 Å². The minimum Gasteiger partial charge on any atom is -0.323 e. The summed E-state index contributed by atoms with van der Waals surface area (Å²) in [6.07, 6.45) is 5.19. The predicted octanol–water partition coefficient (Wildman–Crippen LogP) is 3.07.